The fourth-order valence-electron chi connectivity index (χ4n) is 1.68. The number of hydrogen-bond donors (Lipinski definition) is 1. The van der Waals surface area contributed by atoms with Gasteiger partial charge in [-0.3, -0.25) is 4.79 Å². The lowest BCUT2D eigenvalue weighted by molar-refractivity contribution is 0.0992. The highest BCUT2D eigenvalue weighted by molar-refractivity contribution is 7.91. The van der Waals surface area contributed by atoms with Gasteiger partial charge in [0.15, 0.2) is 9.84 Å². The second-order valence-corrected chi connectivity index (χ2v) is 6.40. The summed E-state index contributed by atoms with van der Waals surface area (Å²) in [5, 5.41) is 0. The second-order valence-electron chi connectivity index (χ2n) is 4.16. The van der Waals surface area contributed by atoms with Crippen molar-refractivity contribution in [3.8, 4) is 0 Å². The van der Waals surface area contributed by atoms with Gasteiger partial charge < -0.3 is 5.73 Å². The average Bonchev–Trinajstić information content (AvgIpc) is 3.12. The van der Waals surface area contributed by atoms with Gasteiger partial charge in [-0.1, -0.05) is 6.92 Å². The number of nitrogens with two attached hydrogens (primary N) is 1. The molecule has 2 rings (SSSR count). The molecule has 1 aliphatic rings. The number of rotatable bonds is 4. The molecule has 92 valence electrons. The Morgan fingerprint density at radius 3 is 2.65 bits per heavy atom. The van der Waals surface area contributed by atoms with Gasteiger partial charge in [0, 0.05) is 6.20 Å². The number of nitrogens with zero attached hydrogens (tertiary/aromatic N) is 1. The van der Waals surface area contributed by atoms with Gasteiger partial charge in [-0.15, -0.1) is 0 Å². The molecule has 1 saturated carbocycles. The van der Waals surface area contributed by atoms with Crippen LogP contribution >= 0.6 is 0 Å². The zero-order valence-corrected chi connectivity index (χ0v) is 10.3. The van der Waals surface area contributed by atoms with Crippen molar-refractivity contribution in [3.63, 3.8) is 0 Å². The van der Waals surface area contributed by atoms with Gasteiger partial charge in [-0.25, -0.2) is 13.4 Å². The average molecular weight is 254 g/mol. The maximum Gasteiger partial charge on any atom is 0.268 e. The molecule has 1 amide bonds. The van der Waals surface area contributed by atoms with Crippen molar-refractivity contribution in [2.45, 2.75) is 30.6 Å². The zero-order chi connectivity index (χ0) is 12.6. The van der Waals surface area contributed by atoms with Crippen molar-refractivity contribution in [2.24, 2.45) is 5.73 Å². The minimum absolute atomic E-state index is 0.0306. The molecular weight excluding hydrogens is 240 g/mol. The third kappa shape index (κ3) is 2.31. The highest BCUT2D eigenvalue weighted by atomic mass is 32.2. The van der Waals surface area contributed by atoms with Crippen molar-refractivity contribution in [3.05, 3.63) is 23.5 Å². The van der Waals surface area contributed by atoms with E-state index in [9.17, 15) is 13.2 Å². The van der Waals surface area contributed by atoms with E-state index in [2.05, 4.69) is 4.98 Å². The first-order valence-corrected chi connectivity index (χ1v) is 7.13. The maximum atomic E-state index is 11.9. The summed E-state index contributed by atoms with van der Waals surface area (Å²) in [6.07, 6.45) is 3.64. The number of primary amides is 1. The van der Waals surface area contributed by atoms with Crippen LogP contribution in [0, 0.1) is 0 Å². The van der Waals surface area contributed by atoms with Crippen LogP contribution in [0.3, 0.4) is 0 Å². The van der Waals surface area contributed by atoms with Crippen molar-refractivity contribution in [1.82, 2.24) is 4.98 Å². The topological polar surface area (TPSA) is 90.1 Å². The van der Waals surface area contributed by atoms with Gasteiger partial charge in [0.25, 0.3) is 5.91 Å². The summed E-state index contributed by atoms with van der Waals surface area (Å²) in [5.41, 5.74) is 5.86. The number of amides is 1. The Morgan fingerprint density at radius 2 is 2.18 bits per heavy atom. The smallest absolute Gasteiger partial charge is 0.268 e. The maximum absolute atomic E-state index is 11.9. The lowest BCUT2D eigenvalue weighted by Crippen LogP contribution is -2.19. The van der Waals surface area contributed by atoms with E-state index in [1.165, 1.54) is 6.92 Å². The van der Waals surface area contributed by atoms with Crippen molar-refractivity contribution < 1.29 is 13.2 Å². The standard InChI is InChI=1S/C11H14N2O3S/c1-2-17(15,16)9-5-8(7-3-4-7)6-13-10(9)11(12)14/h5-7H,2-4H2,1H3,(H2,12,14). The quantitative estimate of drug-likeness (QED) is 0.862. The van der Waals surface area contributed by atoms with E-state index < -0.39 is 15.7 Å². The van der Waals surface area contributed by atoms with Gasteiger partial charge in [0.05, 0.1) is 10.6 Å². The Hall–Kier alpha value is -1.43. The Bertz CT molecular complexity index is 562. The summed E-state index contributed by atoms with van der Waals surface area (Å²) < 4.78 is 23.7. The van der Waals surface area contributed by atoms with Crippen molar-refractivity contribution in [1.29, 1.82) is 0 Å². The first-order valence-electron chi connectivity index (χ1n) is 5.48. The van der Waals surface area contributed by atoms with Crippen LogP contribution in [0.2, 0.25) is 0 Å². The van der Waals surface area contributed by atoms with Gasteiger partial charge >= 0.3 is 0 Å². The molecule has 0 unspecified atom stereocenters. The van der Waals surface area contributed by atoms with Crippen LogP contribution in [0.1, 0.15) is 41.7 Å². The molecule has 0 atom stereocenters. The molecule has 5 nitrogen and oxygen atoms in total. The van der Waals surface area contributed by atoms with Crippen LogP contribution in [0.25, 0.3) is 0 Å². The summed E-state index contributed by atoms with van der Waals surface area (Å²) in [5.74, 6) is -0.488. The van der Waals surface area contributed by atoms with Crippen LogP contribution in [-0.2, 0) is 9.84 Å². The van der Waals surface area contributed by atoms with Crippen molar-refractivity contribution >= 4 is 15.7 Å². The van der Waals surface area contributed by atoms with Crippen LogP contribution in [-0.4, -0.2) is 25.1 Å². The molecule has 17 heavy (non-hydrogen) atoms. The van der Waals surface area contributed by atoms with E-state index in [1.54, 1.807) is 12.3 Å². The Kier molecular flexibility index (Phi) is 2.91. The van der Waals surface area contributed by atoms with Crippen molar-refractivity contribution in [2.75, 3.05) is 5.75 Å². The monoisotopic (exact) mass is 254 g/mol. The Labute approximate surface area is 100.0 Å². The number of carbonyl (C=O) groups is 1. The first-order chi connectivity index (χ1) is 7.95. The minimum atomic E-state index is -3.47. The van der Waals surface area contributed by atoms with Gasteiger partial charge in [-0.2, -0.15) is 0 Å². The number of aromatic nitrogens is 1. The van der Waals surface area contributed by atoms with Gasteiger partial charge in [-0.05, 0) is 30.4 Å². The summed E-state index contributed by atoms with van der Waals surface area (Å²) in [6.45, 7) is 1.53. The molecule has 0 aromatic carbocycles. The molecule has 0 bridgehead atoms. The summed E-state index contributed by atoms with van der Waals surface area (Å²) >= 11 is 0. The number of pyridine rings is 1. The summed E-state index contributed by atoms with van der Waals surface area (Å²) in [7, 11) is -3.47. The number of hydrogen-bond acceptors (Lipinski definition) is 4. The molecule has 1 heterocycles. The van der Waals surface area contributed by atoms with E-state index in [4.69, 9.17) is 5.73 Å². The minimum Gasteiger partial charge on any atom is -0.364 e. The molecular formula is C11H14N2O3S. The van der Waals surface area contributed by atoms with E-state index in [1.807, 2.05) is 0 Å². The molecule has 0 spiro atoms. The summed E-state index contributed by atoms with van der Waals surface area (Å²) in [6, 6.07) is 1.55. The Morgan fingerprint density at radius 1 is 1.53 bits per heavy atom. The SMILES string of the molecule is CCS(=O)(=O)c1cc(C2CC2)cnc1C(N)=O. The Balaban J connectivity index is 2.58. The molecule has 0 aliphatic heterocycles. The normalized spacial score (nSPS) is 15.8. The zero-order valence-electron chi connectivity index (χ0n) is 9.51. The predicted molar refractivity (Wildman–Crippen MR) is 62.5 cm³/mol. The highest BCUT2D eigenvalue weighted by Crippen LogP contribution is 2.40. The lowest BCUT2D eigenvalue weighted by Gasteiger charge is -2.07. The summed E-state index contributed by atoms with van der Waals surface area (Å²) in [4.78, 5) is 15.0. The fourth-order valence-corrected chi connectivity index (χ4v) is 2.75. The van der Waals surface area contributed by atoms with Crippen LogP contribution < -0.4 is 5.73 Å². The van der Waals surface area contributed by atoms with E-state index in [0.717, 1.165) is 18.4 Å². The van der Waals surface area contributed by atoms with Gasteiger partial charge in [0.1, 0.15) is 5.69 Å². The molecule has 0 radical (unpaired) electrons. The molecule has 1 fully saturated rings. The highest BCUT2D eigenvalue weighted by Gasteiger charge is 2.28. The number of carbonyl (C=O) groups excluding carboxylic acids is 1. The van der Waals surface area contributed by atoms with Crippen LogP contribution in [0.5, 0.6) is 0 Å². The third-order valence-electron chi connectivity index (χ3n) is 2.87. The number of sulfone groups is 1. The molecule has 6 heteroatoms. The van der Waals surface area contributed by atoms with E-state index in [0.29, 0.717) is 5.92 Å². The first kappa shape index (κ1) is 12.0. The van der Waals surface area contributed by atoms with Gasteiger partial charge in [0.2, 0.25) is 0 Å². The second kappa shape index (κ2) is 4.10. The fraction of sp³-hybridized carbons (Fsp3) is 0.455. The van der Waals surface area contributed by atoms with E-state index in [-0.39, 0.29) is 16.3 Å². The predicted octanol–water partition coefficient (Wildman–Crippen LogP) is 0.852. The van der Waals surface area contributed by atoms with Crippen LogP contribution in [0.15, 0.2) is 17.2 Å². The molecule has 1 aromatic heterocycles. The van der Waals surface area contributed by atoms with E-state index >= 15 is 0 Å². The molecule has 1 aliphatic carbocycles. The molecule has 2 N–H and O–H groups in total. The lowest BCUT2D eigenvalue weighted by atomic mass is 10.2. The third-order valence-corrected chi connectivity index (χ3v) is 4.61. The molecule has 1 aromatic rings. The molecule has 0 saturated heterocycles. The largest absolute Gasteiger partial charge is 0.364 e. The van der Waals surface area contributed by atoms with Crippen LogP contribution in [0.4, 0.5) is 0 Å².